The molecule has 1 amide bonds. The molecular weight excluding hydrogens is 695 g/mol. The van der Waals surface area contributed by atoms with E-state index in [1.165, 1.54) is 16.7 Å². The molecule has 0 aliphatic carbocycles. The highest BCUT2D eigenvalue weighted by molar-refractivity contribution is 7.99. The van der Waals surface area contributed by atoms with E-state index in [1.807, 2.05) is 6.07 Å². The predicted octanol–water partition coefficient (Wildman–Crippen LogP) is 6.30. The van der Waals surface area contributed by atoms with E-state index in [0.29, 0.717) is 10.8 Å². The molecule has 0 spiro atoms. The molecule has 256 valence electrons. The minimum Gasteiger partial charge on any atom is -0.491 e. The van der Waals surface area contributed by atoms with Gasteiger partial charge in [-0.25, -0.2) is 9.18 Å². The number of ether oxygens (including phenoxy) is 1. The van der Waals surface area contributed by atoms with Crippen molar-refractivity contribution < 1.29 is 27.1 Å². The number of hydrogen-bond donors (Lipinski definition) is 1. The fourth-order valence-corrected chi connectivity index (χ4v) is 8.85. The normalized spacial score (nSPS) is 16.0. The van der Waals surface area contributed by atoms with Crippen molar-refractivity contribution in [2.24, 2.45) is 0 Å². The number of halogens is 4. The lowest BCUT2D eigenvalue weighted by atomic mass is 9.92. The monoisotopic (exact) mass is 721 g/mol. The number of nitriles is 1. The van der Waals surface area contributed by atoms with E-state index in [-0.39, 0.29) is 92.8 Å². The Kier molecular flexibility index (Phi) is 8.64. The van der Waals surface area contributed by atoms with E-state index in [0.717, 1.165) is 35.2 Å². The van der Waals surface area contributed by atoms with Gasteiger partial charge in [0.1, 0.15) is 35.1 Å². The van der Waals surface area contributed by atoms with Gasteiger partial charge < -0.3 is 19.9 Å². The number of aromatic nitrogens is 3. The number of anilines is 2. The van der Waals surface area contributed by atoms with Crippen molar-refractivity contribution >= 4 is 60.8 Å². The number of piperazine rings is 1. The molecule has 0 radical (unpaired) electrons. The molecule has 3 aromatic heterocycles. The third-order valence-corrected chi connectivity index (χ3v) is 11.2. The van der Waals surface area contributed by atoms with Gasteiger partial charge in [-0.1, -0.05) is 12.6 Å². The van der Waals surface area contributed by atoms with Gasteiger partial charge >= 0.3 is 11.9 Å². The van der Waals surface area contributed by atoms with Gasteiger partial charge in [0.2, 0.25) is 5.91 Å². The van der Waals surface area contributed by atoms with Crippen LogP contribution in [0.1, 0.15) is 17.2 Å². The topological polar surface area (TPSA) is 116 Å². The van der Waals surface area contributed by atoms with Gasteiger partial charge in [0.05, 0.1) is 27.4 Å². The lowest BCUT2D eigenvalue weighted by Gasteiger charge is -2.37. The number of thiophene rings is 1. The van der Waals surface area contributed by atoms with Crippen molar-refractivity contribution in [2.45, 2.75) is 17.1 Å². The van der Waals surface area contributed by atoms with Crippen LogP contribution in [0.3, 0.4) is 0 Å². The number of carbonyl (C=O) groups excluding carboxylic acids is 1. The number of thioether (sulfide) groups is 1. The van der Waals surface area contributed by atoms with Crippen molar-refractivity contribution in [1.82, 2.24) is 19.4 Å². The Balaban J connectivity index is 1.51. The second kappa shape index (κ2) is 13.0. The lowest BCUT2D eigenvalue weighted by molar-refractivity contribution is -0.137. The highest BCUT2D eigenvalue weighted by Crippen LogP contribution is 2.52. The van der Waals surface area contributed by atoms with Crippen molar-refractivity contribution in [3.63, 3.8) is 0 Å². The summed E-state index contributed by atoms with van der Waals surface area (Å²) in [7, 11) is 1.55. The summed E-state index contributed by atoms with van der Waals surface area (Å²) >= 11 is 2.08. The summed E-state index contributed by atoms with van der Waals surface area (Å²) in [5, 5.41) is 13.4. The summed E-state index contributed by atoms with van der Waals surface area (Å²) in [6.07, 6.45) is -0.596. The molecule has 0 saturated carbocycles. The summed E-state index contributed by atoms with van der Waals surface area (Å²) < 4.78 is 68.5. The van der Waals surface area contributed by atoms with Crippen LogP contribution in [0.5, 0.6) is 5.75 Å². The van der Waals surface area contributed by atoms with Crippen LogP contribution in [-0.4, -0.2) is 70.9 Å². The molecule has 1 fully saturated rings. The minimum atomic E-state index is -4.90. The lowest BCUT2D eigenvalue weighted by Crippen LogP contribution is -2.49. The minimum absolute atomic E-state index is 0.0145. The number of alkyl halides is 3. The summed E-state index contributed by atoms with van der Waals surface area (Å²) in [4.78, 5) is 38.1. The second-order valence-corrected chi connectivity index (χ2v) is 13.6. The summed E-state index contributed by atoms with van der Waals surface area (Å²) in [6, 6.07) is 8.08. The fourth-order valence-electron chi connectivity index (χ4n) is 6.50. The molecule has 7 rings (SSSR count). The van der Waals surface area contributed by atoms with Gasteiger partial charge in [-0.3, -0.25) is 14.3 Å². The Morgan fingerprint density at radius 2 is 1.94 bits per heavy atom. The smallest absolute Gasteiger partial charge is 0.417 e. The predicted molar refractivity (Wildman–Crippen MR) is 185 cm³/mol. The van der Waals surface area contributed by atoms with Crippen molar-refractivity contribution in [2.75, 3.05) is 55.8 Å². The maximum Gasteiger partial charge on any atom is 0.417 e. The zero-order chi connectivity index (χ0) is 35.3. The third kappa shape index (κ3) is 5.59. The Morgan fingerprint density at radius 1 is 1.20 bits per heavy atom. The zero-order valence-electron chi connectivity index (χ0n) is 26.4. The maximum atomic E-state index is 15.3. The Bertz CT molecular complexity index is 2280. The van der Waals surface area contributed by atoms with Crippen molar-refractivity contribution in [3.05, 3.63) is 82.8 Å². The van der Waals surface area contributed by atoms with E-state index >= 15 is 17.6 Å². The molecular formula is C34H27F4N7O3S2. The van der Waals surface area contributed by atoms with E-state index in [2.05, 4.69) is 21.9 Å². The second-order valence-electron chi connectivity index (χ2n) is 11.6. The zero-order valence-corrected chi connectivity index (χ0v) is 28.0. The van der Waals surface area contributed by atoms with Gasteiger partial charge in [0, 0.05) is 72.6 Å². The number of nitrogens with one attached hydrogen (secondary N) is 1. The molecule has 5 heterocycles. The van der Waals surface area contributed by atoms with Gasteiger partial charge in [0.15, 0.2) is 0 Å². The highest BCUT2D eigenvalue weighted by Gasteiger charge is 2.40. The SMILES string of the molecule is C=CC(=O)N1CCN(c2nc(=O)n3c4c(c(-c5ccc(F)c6sc(NC)c(C#N)c56)c(C(F)(F)F)cc24)SCC3COc2ccncc2)CC1. The molecule has 1 saturated heterocycles. The number of nitrogens with zero attached hydrogens (tertiary/aromatic N) is 6. The van der Waals surface area contributed by atoms with Crippen LogP contribution >= 0.6 is 23.1 Å². The number of amides is 1. The van der Waals surface area contributed by atoms with Crippen molar-refractivity contribution in [3.8, 4) is 22.9 Å². The van der Waals surface area contributed by atoms with E-state index in [9.17, 15) is 14.9 Å². The maximum absolute atomic E-state index is 15.3. The highest BCUT2D eigenvalue weighted by atomic mass is 32.2. The largest absolute Gasteiger partial charge is 0.491 e. The summed E-state index contributed by atoms with van der Waals surface area (Å²) in [5.41, 5.74) is -1.67. The fraction of sp³-hybridized carbons (Fsp3) is 0.265. The number of carbonyl (C=O) groups is 1. The molecule has 1 atom stereocenters. The van der Waals surface area contributed by atoms with Crippen LogP contribution in [0, 0.1) is 17.1 Å². The van der Waals surface area contributed by atoms with Gasteiger partial charge in [-0.2, -0.15) is 23.4 Å². The van der Waals surface area contributed by atoms with Gasteiger partial charge in [0.25, 0.3) is 0 Å². The summed E-state index contributed by atoms with van der Waals surface area (Å²) in [5.74, 6) is -0.222. The molecule has 2 aromatic carbocycles. The first-order valence-corrected chi connectivity index (χ1v) is 17.2. The van der Waals surface area contributed by atoms with Crippen LogP contribution in [0.2, 0.25) is 0 Å². The Labute approximate surface area is 290 Å². The molecule has 1 N–H and O–H groups in total. The van der Waals surface area contributed by atoms with Gasteiger partial charge in [-0.15, -0.1) is 23.1 Å². The number of rotatable bonds is 7. The molecule has 2 aliphatic heterocycles. The number of fused-ring (bicyclic) bond motifs is 1. The van der Waals surface area contributed by atoms with E-state index in [1.54, 1.807) is 41.4 Å². The molecule has 0 bridgehead atoms. The number of hydrogen-bond acceptors (Lipinski definition) is 10. The van der Waals surface area contributed by atoms with E-state index in [4.69, 9.17) is 4.74 Å². The van der Waals surface area contributed by atoms with E-state index < -0.39 is 29.3 Å². The average Bonchev–Trinajstić information content (AvgIpc) is 3.52. The standard InChI is InChI=1S/C34H27F4N7O3S2/c1-3-25(46)43-10-12-44(13-11-43)31-21-14-23(34(36,37)38)27(20-4-5-24(35)29-26(20)22(15-39)32(40-2)50-29)30-28(21)45(33(47)42-31)18(17-49-30)16-48-19-6-8-41-9-7-19/h3-9,14,18,40H,1,10-13,16-17H2,2H3. The first-order valence-electron chi connectivity index (χ1n) is 15.4. The molecule has 5 aromatic rings. The molecule has 1 unspecified atom stereocenters. The molecule has 50 heavy (non-hydrogen) atoms. The Morgan fingerprint density at radius 3 is 2.60 bits per heavy atom. The summed E-state index contributed by atoms with van der Waals surface area (Å²) in [6.45, 7) is 4.48. The third-order valence-electron chi connectivity index (χ3n) is 8.79. The first-order chi connectivity index (χ1) is 24.0. The van der Waals surface area contributed by atoms with Gasteiger partial charge in [-0.05, 0) is 35.9 Å². The Hall–Kier alpha value is -5.14. The number of pyridine rings is 1. The van der Waals surface area contributed by atoms with Crippen molar-refractivity contribution in [1.29, 1.82) is 5.26 Å². The van der Waals surface area contributed by atoms with Crippen LogP contribution in [-0.2, 0) is 11.0 Å². The quantitative estimate of drug-likeness (QED) is 0.153. The first kappa shape index (κ1) is 33.4. The molecule has 2 aliphatic rings. The molecule has 16 heteroatoms. The van der Waals surface area contributed by atoms with Crippen LogP contribution in [0.25, 0.3) is 32.1 Å². The number of benzene rings is 2. The average molecular weight is 722 g/mol. The molecule has 10 nitrogen and oxygen atoms in total. The van der Waals surface area contributed by atoms with Crippen LogP contribution in [0.15, 0.2) is 65.1 Å². The van der Waals surface area contributed by atoms with Crippen LogP contribution in [0.4, 0.5) is 28.4 Å². The van der Waals surface area contributed by atoms with Crippen LogP contribution < -0.4 is 20.6 Å².